The molecule has 422 valence electrons. The maximum Gasteiger partial charge on any atom is 0.336 e. The highest BCUT2D eigenvalue weighted by atomic mass is 16.7. The number of benzene rings is 5. The highest BCUT2D eigenvalue weighted by Gasteiger charge is 2.49. The highest BCUT2D eigenvalue weighted by molar-refractivity contribution is 5.78. The molecule has 18 heteroatoms. The average molecular weight is 1100 g/mol. The average Bonchev–Trinajstić information content (AvgIpc) is 4.21. The second kappa shape index (κ2) is 29.6. The number of unbranched alkanes of at least 4 members (excludes halogenated alkanes) is 6. The lowest BCUT2D eigenvalue weighted by molar-refractivity contribution is -0.331. The molecule has 1 saturated heterocycles. The van der Waals surface area contributed by atoms with Crippen LogP contribution in [0.1, 0.15) is 79.4 Å². The van der Waals surface area contributed by atoms with Crippen LogP contribution in [-0.2, 0) is 74.5 Å². The quantitative estimate of drug-likeness (QED) is 0.0285. The number of fused-ring (bicyclic) bond motifs is 2. The Morgan fingerprint density at radius 2 is 0.914 bits per heavy atom. The summed E-state index contributed by atoms with van der Waals surface area (Å²) in [5.74, 6) is 1.49. The van der Waals surface area contributed by atoms with E-state index in [0.29, 0.717) is 55.5 Å². The van der Waals surface area contributed by atoms with E-state index in [1.165, 1.54) is 12.1 Å². The molecule has 1 aliphatic heterocycles. The summed E-state index contributed by atoms with van der Waals surface area (Å²) in [6.45, 7) is 3.90. The third-order valence-electron chi connectivity index (χ3n) is 13.8. The Hall–Kier alpha value is -7.84. The molecule has 1 aliphatic rings. The largest absolute Gasteiger partial charge is 0.494 e. The molecule has 0 N–H and O–H groups in total. The zero-order chi connectivity index (χ0) is 55.3. The van der Waals surface area contributed by atoms with Gasteiger partial charge in [-0.1, -0.05) is 114 Å². The maximum absolute atomic E-state index is 11.5. The molecule has 18 nitrogen and oxygen atoms in total. The van der Waals surface area contributed by atoms with Gasteiger partial charge in [-0.15, -0.1) is 10.2 Å². The summed E-state index contributed by atoms with van der Waals surface area (Å²) >= 11 is 0. The lowest BCUT2D eigenvalue weighted by atomic mass is 9.97. The molecule has 0 radical (unpaired) electrons. The zero-order valence-corrected chi connectivity index (χ0v) is 45.3. The van der Waals surface area contributed by atoms with Crippen LogP contribution in [-0.4, -0.2) is 80.5 Å². The Morgan fingerprint density at radius 3 is 1.43 bits per heavy atom. The van der Waals surface area contributed by atoms with Gasteiger partial charge >= 0.3 is 11.3 Å². The fourth-order valence-corrected chi connectivity index (χ4v) is 9.61. The smallest absolute Gasteiger partial charge is 0.336 e. The van der Waals surface area contributed by atoms with Crippen molar-refractivity contribution in [3.63, 3.8) is 0 Å². The van der Waals surface area contributed by atoms with E-state index in [-0.39, 0.29) is 37.7 Å². The number of rotatable bonds is 32. The molecule has 0 saturated carbocycles. The molecule has 9 aromatic rings. The summed E-state index contributed by atoms with van der Waals surface area (Å²) in [6.07, 6.45) is 7.84. The van der Waals surface area contributed by atoms with Crippen molar-refractivity contribution < 1.29 is 46.7 Å². The van der Waals surface area contributed by atoms with Crippen LogP contribution in [0.5, 0.6) is 11.5 Å². The van der Waals surface area contributed by atoms with Crippen LogP contribution >= 0.6 is 0 Å². The third-order valence-corrected chi connectivity index (χ3v) is 13.8. The van der Waals surface area contributed by atoms with Gasteiger partial charge in [0.1, 0.15) is 58.5 Å². The second-order valence-electron chi connectivity index (χ2n) is 20.0. The van der Waals surface area contributed by atoms with E-state index < -0.39 is 30.7 Å². The Labute approximate surface area is 469 Å². The van der Waals surface area contributed by atoms with E-state index >= 15 is 0 Å². The lowest BCUT2D eigenvalue weighted by Crippen LogP contribution is -2.61. The Bertz CT molecular complexity index is 3430. The Kier molecular flexibility index (Phi) is 20.6. The predicted octanol–water partition coefficient (Wildman–Crippen LogP) is 10.6. The molecule has 5 aromatic carbocycles. The molecule has 5 heterocycles. The van der Waals surface area contributed by atoms with Crippen molar-refractivity contribution in [3.05, 3.63) is 213 Å². The third kappa shape index (κ3) is 17.1. The molecule has 1 fully saturated rings. The number of nitrogens with zero attached hydrogens (tertiary/aromatic N) is 6. The van der Waals surface area contributed by atoms with Crippen LogP contribution in [0.2, 0.25) is 0 Å². The lowest BCUT2D eigenvalue weighted by Gasteiger charge is -2.45. The number of ether oxygens (including phenoxy) is 8. The van der Waals surface area contributed by atoms with Gasteiger partial charge in [0.05, 0.1) is 65.2 Å². The van der Waals surface area contributed by atoms with Gasteiger partial charge in [0.15, 0.2) is 6.29 Å². The first-order valence-electron chi connectivity index (χ1n) is 27.9. The minimum atomic E-state index is -0.918. The van der Waals surface area contributed by atoms with Gasteiger partial charge in [-0.25, -0.2) is 9.59 Å². The number of aryl methyl sites for hydroxylation is 2. The van der Waals surface area contributed by atoms with Gasteiger partial charge in [-0.05, 0) is 104 Å². The maximum atomic E-state index is 11.5. The number of aromatic nitrogens is 6. The van der Waals surface area contributed by atoms with Gasteiger partial charge in [0.2, 0.25) is 0 Å². The van der Waals surface area contributed by atoms with E-state index in [9.17, 15) is 9.59 Å². The van der Waals surface area contributed by atoms with Crippen molar-refractivity contribution >= 4 is 21.9 Å². The van der Waals surface area contributed by atoms with Gasteiger partial charge in [0.25, 0.3) is 0 Å². The van der Waals surface area contributed by atoms with Crippen molar-refractivity contribution in [2.45, 2.75) is 128 Å². The van der Waals surface area contributed by atoms with Crippen molar-refractivity contribution in [1.29, 1.82) is 0 Å². The molecule has 4 aromatic heterocycles. The van der Waals surface area contributed by atoms with Crippen LogP contribution in [0.25, 0.3) is 21.9 Å². The summed E-state index contributed by atoms with van der Waals surface area (Å²) in [7, 11) is 0. The van der Waals surface area contributed by atoms with Crippen molar-refractivity contribution in [2.75, 3.05) is 19.8 Å². The molecule has 81 heavy (non-hydrogen) atoms. The summed E-state index contributed by atoms with van der Waals surface area (Å²) < 4.78 is 66.7. The molecular weight excluding hydrogens is 1030 g/mol. The van der Waals surface area contributed by atoms with Gasteiger partial charge < -0.3 is 46.7 Å². The summed E-state index contributed by atoms with van der Waals surface area (Å²) in [5.41, 5.74) is 4.65. The first-order chi connectivity index (χ1) is 39.9. The standard InChI is InChI=1S/C63H68N6O12/c70-58-30-24-49-36-53(26-28-55(49)79-58)73-34-16-3-1-14-32-68-38-51(64-66-68)43-72-45-57-60(75-40-46-18-8-5-9-19-46)61(76-41-47-20-10-6-11-21-47)62(77-42-48-22-12-7-13-23-48)63(81-57)78-44-52-39-69(67-65-52)33-15-2-4-17-35-74-54-27-29-56-50(37-54)25-31-59(71)80-56/h5-13,18-31,36-39,57,60-63H,1-4,14-17,32-35,40-45H2/t57-,60-,61+,62-,63+/m1/s1. The molecular formula is C63H68N6O12. The van der Waals surface area contributed by atoms with Gasteiger partial charge in [-0.3, -0.25) is 9.36 Å². The molecule has 0 unspecified atom stereocenters. The monoisotopic (exact) mass is 1100 g/mol. The SMILES string of the molecule is O=c1ccc2cc(OCCCCCCn3cc(COC[C@H]4O[C@H](OCc5cn(CCCCCCOc6ccc7oc(=O)ccc7c6)nn5)[C@H](OCc5ccccc5)[C@@H](OCc5ccccc5)[C@@H]4OCc4ccccc4)nn3)ccc2o1. The van der Waals surface area contributed by atoms with Crippen molar-refractivity contribution in [1.82, 2.24) is 30.0 Å². The van der Waals surface area contributed by atoms with E-state index in [1.807, 2.05) is 137 Å². The van der Waals surface area contributed by atoms with Gasteiger partial charge in [0, 0.05) is 36.0 Å². The summed E-state index contributed by atoms with van der Waals surface area (Å²) in [4.78, 5) is 23.1. The van der Waals surface area contributed by atoms with E-state index in [0.717, 1.165) is 96.9 Å². The van der Waals surface area contributed by atoms with Crippen molar-refractivity contribution in [3.8, 4) is 11.5 Å². The van der Waals surface area contributed by atoms with E-state index in [2.05, 4.69) is 20.6 Å². The van der Waals surface area contributed by atoms with E-state index in [4.69, 9.17) is 46.7 Å². The zero-order valence-electron chi connectivity index (χ0n) is 45.3. The Balaban J connectivity index is 0.753. The minimum absolute atomic E-state index is 0.105. The topological polar surface area (TPSA) is 196 Å². The van der Waals surface area contributed by atoms with Crippen LogP contribution in [0.4, 0.5) is 0 Å². The molecule has 0 bridgehead atoms. The normalized spacial score (nSPS) is 17.2. The van der Waals surface area contributed by atoms with Crippen LogP contribution in [0.3, 0.4) is 0 Å². The molecule has 0 aliphatic carbocycles. The molecule has 10 rings (SSSR count). The predicted molar refractivity (Wildman–Crippen MR) is 301 cm³/mol. The minimum Gasteiger partial charge on any atom is -0.494 e. The fraction of sp³-hybridized carbons (Fsp3) is 0.365. The highest BCUT2D eigenvalue weighted by Crippen LogP contribution is 2.32. The summed E-state index contributed by atoms with van der Waals surface area (Å²) in [6, 6.07) is 47.3. The van der Waals surface area contributed by atoms with E-state index in [1.54, 1.807) is 24.3 Å². The number of hydrogen-bond acceptors (Lipinski definition) is 16. The Morgan fingerprint density at radius 1 is 0.444 bits per heavy atom. The van der Waals surface area contributed by atoms with Crippen LogP contribution in [0, 0.1) is 0 Å². The molecule has 5 atom stereocenters. The van der Waals surface area contributed by atoms with Gasteiger partial charge in [-0.2, -0.15) is 0 Å². The van der Waals surface area contributed by atoms with Crippen LogP contribution < -0.4 is 20.7 Å². The number of hydrogen-bond donors (Lipinski definition) is 0. The fourth-order valence-electron chi connectivity index (χ4n) is 9.61. The summed E-state index contributed by atoms with van der Waals surface area (Å²) in [5, 5.41) is 19.4. The van der Waals surface area contributed by atoms with Crippen molar-refractivity contribution in [2.24, 2.45) is 0 Å². The molecule has 0 amide bonds. The first-order valence-corrected chi connectivity index (χ1v) is 27.9. The van der Waals surface area contributed by atoms with Crippen LogP contribution in [0.15, 0.2) is 182 Å². The second-order valence-corrected chi connectivity index (χ2v) is 20.0. The molecule has 0 spiro atoms. The first kappa shape index (κ1) is 56.4.